The highest BCUT2D eigenvalue weighted by Crippen LogP contribution is 1.97. The zero-order valence-corrected chi connectivity index (χ0v) is 9.29. The summed E-state index contributed by atoms with van der Waals surface area (Å²) in [6, 6.07) is 0. The van der Waals surface area contributed by atoms with Crippen LogP contribution in [-0.4, -0.2) is 45.7 Å². The van der Waals surface area contributed by atoms with E-state index in [0.29, 0.717) is 0 Å². The molecule has 1 aromatic heterocycles. The summed E-state index contributed by atoms with van der Waals surface area (Å²) in [5.41, 5.74) is 15.4. The second-order valence-electron chi connectivity index (χ2n) is 1.73. The van der Waals surface area contributed by atoms with Gasteiger partial charge in [-0.05, 0) is 6.92 Å². The van der Waals surface area contributed by atoms with Crippen molar-refractivity contribution in [3.05, 3.63) is 0 Å². The monoisotopic (exact) mass is 234 g/mol. The lowest BCUT2D eigenvalue weighted by Crippen LogP contribution is -2.05. The van der Waals surface area contributed by atoms with E-state index in [2.05, 4.69) is 15.0 Å². The Labute approximate surface area is 93.3 Å². The van der Waals surface area contributed by atoms with Gasteiger partial charge in [0.05, 0.1) is 0 Å². The number of hydrogen-bond donors (Lipinski definition) is 5. The van der Waals surface area contributed by atoms with Gasteiger partial charge in [-0.25, -0.2) is 0 Å². The number of nitrogens with zero attached hydrogens (tertiary/aromatic N) is 3. The fraction of sp³-hybridized carbons (Fsp3) is 0.429. The molecule has 16 heavy (non-hydrogen) atoms. The van der Waals surface area contributed by atoms with Crippen molar-refractivity contribution in [2.75, 3.05) is 30.9 Å². The second-order valence-corrected chi connectivity index (χ2v) is 1.73. The Morgan fingerprint density at radius 1 is 1.00 bits per heavy atom. The fourth-order valence-electron chi connectivity index (χ4n) is 0.427. The van der Waals surface area contributed by atoms with Crippen LogP contribution in [0.5, 0.6) is 0 Å². The molecular formula is C7H18N6O3. The molecule has 9 heteroatoms. The number of hydrogen-bond acceptors (Lipinski definition) is 9. The summed E-state index contributed by atoms with van der Waals surface area (Å²) in [5.74, 6) is 0.125. The van der Waals surface area contributed by atoms with Crippen molar-refractivity contribution >= 4 is 24.6 Å². The Kier molecular flexibility index (Phi) is 18.9. The average Bonchev–Trinajstić information content (AvgIpc) is 2.22. The largest absolute Gasteiger partial charge is 0.400 e. The minimum absolute atomic E-state index is 0.0417. The third-order valence-corrected chi connectivity index (χ3v) is 0.687. The molecule has 1 heterocycles. The number of aliphatic hydroxyl groups is 2. The van der Waals surface area contributed by atoms with Crippen molar-refractivity contribution in [2.24, 2.45) is 0 Å². The number of carbonyl (C=O) groups excluding carboxylic acids is 1. The van der Waals surface area contributed by atoms with Gasteiger partial charge in [0, 0.05) is 13.7 Å². The molecule has 0 radical (unpaired) electrons. The van der Waals surface area contributed by atoms with Gasteiger partial charge >= 0.3 is 0 Å². The summed E-state index contributed by atoms with van der Waals surface area (Å²) in [6.07, 6.45) is 0. The van der Waals surface area contributed by atoms with E-state index in [9.17, 15) is 0 Å². The summed E-state index contributed by atoms with van der Waals surface area (Å²) in [7, 11) is 1.00. The topological polar surface area (TPSA) is 174 Å². The molecule has 1 rings (SSSR count). The van der Waals surface area contributed by atoms with Crippen LogP contribution in [0.1, 0.15) is 6.92 Å². The lowest BCUT2D eigenvalue weighted by atomic mass is 10.9. The first-order valence-corrected chi connectivity index (χ1v) is 3.97. The SMILES string of the molecule is C=O.CCO.CO.Nc1nc(N)nc(N)n1. The molecule has 0 aliphatic heterocycles. The molecule has 0 aliphatic rings. The van der Waals surface area contributed by atoms with Crippen LogP contribution in [0, 0.1) is 0 Å². The van der Waals surface area contributed by atoms with E-state index in [0.717, 1.165) is 7.11 Å². The van der Waals surface area contributed by atoms with Crippen molar-refractivity contribution in [1.82, 2.24) is 15.0 Å². The first kappa shape index (κ1) is 19.6. The molecule has 0 amide bonds. The Hall–Kier alpha value is -2.00. The van der Waals surface area contributed by atoms with Gasteiger partial charge in [-0.15, -0.1) is 0 Å². The zero-order valence-electron chi connectivity index (χ0n) is 9.29. The van der Waals surface area contributed by atoms with E-state index in [1.165, 1.54) is 0 Å². The van der Waals surface area contributed by atoms with Gasteiger partial charge in [-0.3, -0.25) is 0 Å². The van der Waals surface area contributed by atoms with Crippen LogP contribution in [0.25, 0.3) is 0 Å². The van der Waals surface area contributed by atoms with Crippen LogP contribution >= 0.6 is 0 Å². The first-order chi connectivity index (χ1) is 7.60. The Bertz CT molecular complexity index is 209. The van der Waals surface area contributed by atoms with Crippen molar-refractivity contribution in [2.45, 2.75) is 6.92 Å². The van der Waals surface area contributed by atoms with Crippen LogP contribution in [0.4, 0.5) is 17.8 Å². The lowest BCUT2D eigenvalue weighted by Gasteiger charge is -1.93. The molecule has 0 spiro atoms. The van der Waals surface area contributed by atoms with E-state index in [4.69, 9.17) is 32.2 Å². The van der Waals surface area contributed by atoms with Crippen molar-refractivity contribution in [3.63, 3.8) is 0 Å². The number of aliphatic hydroxyl groups excluding tert-OH is 2. The molecular weight excluding hydrogens is 216 g/mol. The number of nitrogens with two attached hydrogens (primary N) is 3. The maximum absolute atomic E-state index is 8.00. The van der Waals surface area contributed by atoms with Crippen molar-refractivity contribution in [3.8, 4) is 0 Å². The predicted octanol–water partition coefficient (Wildman–Crippen LogP) is -1.96. The van der Waals surface area contributed by atoms with Gasteiger partial charge in [-0.2, -0.15) is 15.0 Å². The molecule has 0 fully saturated rings. The smallest absolute Gasteiger partial charge is 0.226 e. The summed E-state index contributed by atoms with van der Waals surface area (Å²) < 4.78 is 0. The van der Waals surface area contributed by atoms with Crippen LogP contribution in [0.2, 0.25) is 0 Å². The minimum Gasteiger partial charge on any atom is -0.400 e. The molecule has 9 nitrogen and oxygen atoms in total. The van der Waals surface area contributed by atoms with E-state index in [1.54, 1.807) is 6.92 Å². The van der Waals surface area contributed by atoms with Crippen LogP contribution in [0.15, 0.2) is 0 Å². The van der Waals surface area contributed by atoms with Gasteiger partial charge in [0.15, 0.2) is 0 Å². The maximum Gasteiger partial charge on any atom is 0.226 e. The Balaban J connectivity index is -0.000000206. The van der Waals surface area contributed by atoms with E-state index < -0.39 is 0 Å². The summed E-state index contributed by atoms with van der Waals surface area (Å²) in [6.45, 7) is 3.93. The van der Waals surface area contributed by atoms with Crippen molar-refractivity contribution in [1.29, 1.82) is 0 Å². The maximum atomic E-state index is 8.00. The first-order valence-electron chi connectivity index (χ1n) is 3.97. The molecule has 94 valence electrons. The Morgan fingerprint density at radius 2 is 1.12 bits per heavy atom. The van der Waals surface area contributed by atoms with Crippen molar-refractivity contribution < 1.29 is 15.0 Å². The molecule has 0 aliphatic carbocycles. The highest BCUT2D eigenvalue weighted by molar-refractivity contribution is 5.33. The van der Waals surface area contributed by atoms with E-state index >= 15 is 0 Å². The normalized spacial score (nSPS) is 7.00. The number of anilines is 3. The molecule has 1 aromatic rings. The summed E-state index contributed by atoms with van der Waals surface area (Å²) in [5, 5.41) is 14.6. The molecule has 0 unspecified atom stereocenters. The van der Waals surface area contributed by atoms with Gasteiger partial charge in [-0.1, -0.05) is 0 Å². The average molecular weight is 234 g/mol. The second kappa shape index (κ2) is 15.5. The van der Waals surface area contributed by atoms with Gasteiger partial charge in [0.1, 0.15) is 6.79 Å². The zero-order chi connectivity index (χ0) is 13.6. The van der Waals surface area contributed by atoms with Crippen LogP contribution in [0.3, 0.4) is 0 Å². The molecule has 0 saturated heterocycles. The molecule has 0 atom stereocenters. The molecule has 0 saturated carbocycles. The number of rotatable bonds is 0. The summed E-state index contributed by atoms with van der Waals surface area (Å²) in [4.78, 5) is 18.5. The van der Waals surface area contributed by atoms with Gasteiger partial charge in [0.2, 0.25) is 17.8 Å². The highest BCUT2D eigenvalue weighted by Gasteiger charge is 1.93. The third-order valence-electron chi connectivity index (χ3n) is 0.687. The van der Waals surface area contributed by atoms with Gasteiger partial charge in [0.25, 0.3) is 0 Å². The van der Waals surface area contributed by atoms with E-state index in [-0.39, 0.29) is 24.5 Å². The highest BCUT2D eigenvalue weighted by atomic mass is 16.2. The van der Waals surface area contributed by atoms with Crippen LogP contribution in [-0.2, 0) is 4.79 Å². The molecule has 0 aromatic carbocycles. The minimum atomic E-state index is 0.0417. The summed E-state index contributed by atoms with van der Waals surface area (Å²) >= 11 is 0. The number of aromatic nitrogens is 3. The number of carbonyl (C=O) groups is 1. The third kappa shape index (κ3) is 14.5. The quantitative estimate of drug-likeness (QED) is 0.341. The van der Waals surface area contributed by atoms with Crippen LogP contribution < -0.4 is 17.2 Å². The molecule has 0 bridgehead atoms. The molecule has 8 N–H and O–H groups in total. The van der Waals surface area contributed by atoms with E-state index in [1.807, 2.05) is 6.79 Å². The lowest BCUT2D eigenvalue weighted by molar-refractivity contribution is -0.0979. The predicted molar refractivity (Wildman–Crippen MR) is 61.1 cm³/mol. The fourth-order valence-corrected chi connectivity index (χ4v) is 0.427. The standard InChI is InChI=1S/C3H6N6.C2H6O.CH4O.CH2O/c4-1-7-2(5)9-3(6)8-1;1-2-3;2*1-2/h(H6,4,5,6,7,8,9);3H,2H2,1H3;2H,1H3;1H2. The van der Waals surface area contributed by atoms with Gasteiger partial charge < -0.3 is 32.2 Å². The number of nitrogen functional groups attached to an aromatic ring is 3. The Morgan fingerprint density at radius 3 is 1.25 bits per heavy atom.